The van der Waals surface area contributed by atoms with Gasteiger partial charge in [-0.1, -0.05) is 0 Å². The van der Waals surface area contributed by atoms with Crippen LogP contribution < -0.4 is 5.73 Å². The highest BCUT2D eigenvalue weighted by atomic mass is 15.1. The van der Waals surface area contributed by atoms with Gasteiger partial charge in [0.2, 0.25) is 5.95 Å². The highest BCUT2D eigenvalue weighted by Gasteiger charge is 2.16. The molecule has 0 amide bonds. The number of rotatable bonds is 1. The van der Waals surface area contributed by atoms with Crippen LogP contribution in [-0.2, 0) is 0 Å². The van der Waals surface area contributed by atoms with Crippen LogP contribution in [0.3, 0.4) is 0 Å². The number of imidazole rings is 1. The molecule has 0 unspecified atom stereocenters. The van der Waals surface area contributed by atoms with Crippen LogP contribution in [0.15, 0.2) is 6.33 Å². The molecule has 0 aliphatic rings. The zero-order valence-corrected chi connectivity index (χ0v) is 9.44. The number of H-pyrrole nitrogens is 2. The summed E-state index contributed by atoms with van der Waals surface area (Å²) in [7, 11) is 0. The topological polar surface area (TPSA) is 109 Å². The number of fused-ring (bicyclic) bond motifs is 1. The zero-order chi connectivity index (χ0) is 12.0. The summed E-state index contributed by atoms with van der Waals surface area (Å²) in [5.74, 6) is 0.208. The van der Waals surface area contributed by atoms with E-state index >= 15 is 0 Å². The third kappa shape index (κ3) is 1.36. The maximum Gasteiger partial charge on any atom is 0.222 e. The molecule has 0 fully saturated rings. The molecule has 0 radical (unpaired) electrons. The molecule has 0 atom stereocenters. The van der Waals surface area contributed by atoms with Crippen molar-refractivity contribution in [3.05, 3.63) is 17.7 Å². The molecule has 0 aromatic carbocycles. The molecule has 0 saturated heterocycles. The number of nitrogens with one attached hydrogen (secondary N) is 2. The lowest BCUT2D eigenvalue weighted by Gasteiger charge is -2.03. The lowest BCUT2D eigenvalue weighted by molar-refractivity contribution is 1.02. The first-order chi connectivity index (χ1) is 8.16. The highest BCUT2D eigenvalue weighted by molar-refractivity contribution is 5.89. The van der Waals surface area contributed by atoms with Gasteiger partial charge in [0.15, 0.2) is 5.65 Å². The Hall–Kier alpha value is -2.44. The quantitative estimate of drug-likeness (QED) is 0.575. The smallest absolute Gasteiger partial charge is 0.222 e. The lowest BCUT2D eigenvalue weighted by atomic mass is 10.1. The Morgan fingerprint density at radius 1 is 1.24 bits per heavy atom. The average molecular weight is 229 g/mol. The number of anilines is 1. The maximum absolute atomic E-state index is 5.68. The van der Waals surface area contributed by atoms with Crippen molar-refractivity contribution in [2.45, 2.75) is 13.8 Å². The van der Waals surface area contributed by atoms with E-state index in [0.29, 0.717) is 5.65 Å². The lowest BCUT2D eigenvalue weighted by Crippen LogP contribution is -1.98. The largest absolute Gasteiger partial charge is 0.368 e. The van der Waals surface area contributed by atoms with E-state index in [1.165, 1.54) is 0 Å². The normalized spacial score (nSPS) is 11.2. The van der Waals surface area contributed by atoms with Crippen LogP contribution in [0.2, 0.25) is 0 Å². The van der Waals surface area contributed by atoms with E-state index < -0.39 is 0 Å². The predicted octanol–water partition coefficient (Wildman–Crippen LogP) is 0.942. The van der Waals surface area contributed by atoms with Gasteiger partial charge < -0.3 is 10.7 Å². The van der Waals surface area contributed by atoms with Gasteiger partial charge >= 0.3 is 0 Å². The minimum atomic E-state index is 0.208. The van der Waals surface area contributed by atoms with Crippen LogP contribution in [-0.4, -0.2) is 30.1 Å². The van der Waals surface area contributed by atoms with Crippen molar-refractivity contribution in [1.29, 1.82) is 0 Å². The Balaban J connectivity index is 2.40. The minimum absolute atomic E-state index is 0.208. The first-order valence-corrected chi connectivity index (χ1v) is 5.15. The Labute approximate surface area is 96.5 Å². The van der Waals surface area contributed by atoms with Gasteiger partial charge in [0.1, 0.15) is 11.2 Å². The molecule has 0 aliphatic heterocycles. The Kier molecular flexibility index (Phi) is 1.88. The van der Waals surface area contributed by atoms with Crippen molar-refractivity contribution < 1.29 is 0 Å². The van der Waals surface area contributed by atoms with E-state index in [0.717, 1.165) is 28.2 Å². The molecule has 0 saturated carbocycles. The van der Waals surface area contributed by atoms with Gasteiger partial charge in [-0.2, -0.15) is 10.1 Å². The van der Waals surface area contributed by atoms with Crippen LogP contribution >= 0.6 is 0 Å². The molecule has 7 heteroatoms. The molecule has 3 rings (SSSR count). The van der Waals surface area contributed by atoms with Crippen LogP contribution in [0.5, 0.6) is 0 Å². The molecular formula is C10H11N7. The zero-order valence-electron chi connectivity index (χ0n) is 9.44. The second kappa shape index (κ2) is 3.27. The minimum Gasteiger partial charge on any atom is -0.368 e. The van der Waals surface area contributed by atoms with Crippen LogP contribution in [0.1, 0.15) is 11.4 Å². The molecule has 4 N–H and O–H groups in total. The summed E-state index contributed by atoms with van der Waals surface area (Å²) >= 11 is 0. The summed E-state index contributed by atoms with van der Waals surface area (Å²) in [5, 5.41) is 7.08. The van der Waals surface area contributed by atoms with Gasteiger partial charge in [-0.3, -0.25) is 5.10 Å². The van der Waals surface area contributed by atoms with Crippen molar-refractivity contribution in [2.24, 2.45) is 0 Å². The Morgan fingerprint density at radius 2 is 2.06 bits per heavy atom. The molecular weight excluding hydrogens is 218 g/mol. The number of aromatic amines is 2. The fourth-order valence-corrected chi connectivity index (χ4v) is 1.93. The van der Waals surface area contributed by atoms with Gasteiger partial charge in [0.05, 0.1) is 12.0 Å². The standard InChI is InChI=1S/C10H11N7/c1-4-6(5(2)17-16-4)7-8-9(13-3-12-8)15-10(11)14-7/h3H,1-2H3,(H,16,17)(H3,11,12,13,14,15). The van der Waals surface area contributed by atoms with E-state index in [1.807, 2.05) is 13.8 Å². The van der Waals surface area contributed by atoms with E-state index in [4.69, 9.17) is 5.73 Å². The molecule has 0 spiro atoms. The van der Waals surface area contributed by atoms with E-state index in [2.05, 4.69) is 30.1 Å². The number of nitrogen functional groups attached to an aromatic ring is 1. The third-order valence-corrected chi connectivity index (χ3v) is 2.67. The average Bonchev–Trinajstić information content (AvgIpc) is 2.85. The molecule has 3 aromatic rings. The SMILES string of the molecule is Cc1n[nH]c(C)c1-c1nc(N)nc2nc[nH]c12. The van der Waals surface area contributed by atoms with E-state index in [1.54, 1.807) is 6.33 Å². The highest BCUT2D eigenvalue weighted by Crippen LogP contribution is 2.28. The van der Waals surface area contributed by atoms with Crippen molar-refractivity contribution in [2.75, 3.05) is 5.73 Å². The summed E-state index contributed by atoms with van der Waals surface area (Å²) < 4.78 is 0. The number of aromatic nitrogens is 6. The van der Waals surface area contributed by atoms with Crippen molar-refractivity contribution in [3.8, 4) is 11.3 Å². The Bertz CT molecular complexity index is 674. The summed E-state index contributed by atoms with van der Waals surface area (Å²) in [6, 6.07) is 0. The van der Waals surface area contributed by atoms with Crippen molar-refractivity contribution in [3.63, 3.8) is 0 Å². The van der Waals surface area contributed by atoms with Crippen LogP contribution in [0.4, 0.5) is 5.95 Å². The summed E-state index contributed by atoms with van der Waals surface area (Å²) in [4.78, 5) is 15.4. The van der Waals surface area contributed by atoms with Gasteiger partial charge in [-0.15, -0.1) is 0 Å². The summed E-state index contributed by atoms with van der Waals surface area (Å²) in [6.07, 6.45) is 1.58. The summed E-state index contributed by atoms with van der Waals surface area (Å²) in [6.45, 7) is 3.86. The number of nitrogens with two attached hydrogens (primary N) is 1. The van der Waals surface area contributed by atoms with Crippen molar-refractivity contribution in [1.82, 2.24) is 30.1 Å². The van der Waals surface area contributed by atoms with Gasteiger partial charge in [0, 0.05) is 11.3 Å². The number of hydrogen-bond acceptors (Lipinski definition) is 5. The molecule has 17 heavy (non-hydrogen) atoms. The van der Waals surface area contributed by atoms with Gasteiger partial charge in [0.25, 0.3) is 0 Å². The number of hydrogen-bond donors (Lipinski definition) is 3. The van der Waals surface area contributed by atoms with E-state index in [9.17, 15) is 0 Å². The molecule has 0 aliphatic carbocycles. The number of aryl methyl sites for hydroxylation is 2. The van der Waals surface area contributed by atoms with Gasteiger partial charge in [-0.25, -0.2) is 9.97 Å². The van der Waals surface area contributed by atoms with Crippen LogP contribution in [0.25, 0.3) is 22.4 Å². The fraction of sp³-hybridized carbons (Fsp3) is 0.200. The fourth-order valence-electron chi connectivity index (χ4n) is 1.93. The molecule has 3 aromatic heterocycles. The number of nitrogens with zero attached hydrogens (tertiary/aromatic N) is 4. The predicted molar refractivity (Wildman–Crippen MR) is 63.2 cm³/mol. The second-order valence-corrected chi connectivity index (χ2v) is 3.84. The monoisotopic (exact) mass is 229 g/mol. The van der Waals surface area contributed by atoms with Gasteiger partial charge in [-0.05, 0) is 13.8 Å². The first kappa shape index (κ1) is 9.76. The first-order valence-electron chi connectivity index (χ1n) is 5.15. The van der Waals surface area contributed by atoms with Crippen LogP contribution in [0, 0.1) is 13.8 Å². The molecule has 0 bridgehead atoms. The molecule has 86 valence electrons. The Morgan fingerprint density at radius 3 is 2.76 bits per heavy atom. The second-order valence-electron chi connectivity index (χ2n) is 3.84. The third-order valence-electron chi connectivity index (χ3n) is 2.67. The summed E-state index contributed by atoms with van der Waals surface area (Å²) in [5.41, 5.74) is 10.5. The molecule has 7 nitrogen and oxygen atoms in total. The maximum atomic E-state index is 5.68. The van der Waals surface area contributed by atoms with Crippen molar-refractivity contribution >= 4 is 17.1 Å². The van der Waals surface area contributed by atoms with E-state index in [-0.39, 0.29) is 5.95 Å². The molecule has 3 heterocycles.